The summed E-state index contributed by atoms with van der Waals surface area (Å²) in [5.74, 6) is 0.184. The Morgan fingerprint density at radius 1 is 1.13 bits per heavy atom. The van der Waals surface area contributed by atoms with Crippen LogP contribution in [0.4, 0.5) is 5.82 Å². The number of anilines is 1. The summed E-state index contributed by atoms with van der Waals surface area (Å²) in [7, 11) is 1.76. The van der Waals surface area contributed by atoms with Crippen molar-refractivity contribution in [2.45, 2.75) is 40.3 Å². The van der Waals surface area contributed by atoms with Crippen LogP contribution in [0.3, 0.4) is 0 Å². The highest BCUT2D eigenvalue weighted by Crippen LogP contribution is 2.18. The Kier molecular flexibility index (Phi) is 6.65. The molecular formula is C21H26ClN7O2. The Bertz CT molecular complexity index is 1180. The van der Waals surface area contributed by atoms with Crippen LogP contribution < -0.4 is 22.0 Å². The molecule has 0 aliphatic heterocycles. The van der Waals surface area contributed by atoms with Gasteiger partial charge in [0.25, 0.3) is 5.56 Å². The van der Waals surface area contributed by atoms with E-state index in [2.05, 4.69) is 20.8 Å². The van der Waals surface area contributed by atoms with Crippen LogP contribution in [0.25, 0.3) is 0 Å². The average molecular weight is 444 g/mol. The van der Waals surface area contributed by atoms with E-state index in [1.165, 1.54) is 4.68 Å². The smallest absolute Gasteiger partial charge is 0.272 e. The van der Waals surface area contributed by atoms with Crippen molar-refractivity contribution in [2.24, 2.45) is 7.05 Å². The first-order chi connectivity index (χ1) is 14.7. The van der Waals surface area contributed by atoms with E-state index in [1.54, 1.807) is 30.1 Å². The molecule has 0 unspecified atom stereocenters. The molecule has 0 aliphatic carbocycles. The predicted molar refractivity (Wildman–Crippen MR) is 120 cm³/mol. The summed E-state index contributed by atoms with van der Waals surface area (Å²) in [5.41, 5.74) is 12.8. The molecule has 10 heteroatoms. The number of hydrogen-bond donors (Lipinski definition) is 3. The van der Waals surface area contributed by atoms with E-state index in [4.69, 9.17) is 17.3 Å². The van der Waals surface area contributed by atoms with Gasteiger partial charge in [-0.2, -0.15) is 5.10 Å². The van der Waals surface area contributed by atoms with Gasteiger partial charge in [0, 0.05) is 36.6 Å². The van der Waals surface area contributed by atoms with E-state index in [0.717, 1.165) is 28.1 Å². The number of pyridine rings is 2. The van der Waals surface area contributed by atoms with Gasteiger partial charge in [-0.1, -0.05) is 17.7 Å². The molecule has 0 atom stereocenters. The summed E-state index contributed by atoms with van der Waals surface area (Å²) >= 11 is 6.26. The number of nitrogens with one attached hydrogen (secondary N) is 2. The molecule has 31 heavy (non-hydrogen) atoms. The number of aromatic nitrogens is 4. The summed E-state index contributed by atoms with van der Waals surface area (Å²) in [6, 6.07) is 5.31. The van der Waals surface area contributed by atoms with E-state index in [0.29, 0.717) is 29.6 Å². The molecule has 1 amide bonds. The van der Waals surface area contributed by atoms with Crippen LogP contribution >= 0.6 is 11.6 Å². The van der Waals surface area contributed by atoms with Crippen LogP contribution in [0, 0.1) is 20.8 Å². The number of carbonyl (C=O) groups is 1. The average Bonchev–Trinajstić information content (AvgIpc) is 2.95. The Morgan fingerprint density at radius 2 is 1.87 bits per heavy atom. The number of nitrogens with two attached hydrogens (primary N) is 1. The zero-order valence-electron chi connectivity index (χ0n) is 18.0. The SMILES string of the molecule is Cc1ccn(NCc2c(C)nn(C)c2Cl)c(=O)c1CC(=O)NCc1ccc(N)nc1C. The number of hydrogen-bond acceptors (Lipinski definition) is 6. The van der Waals surface area contributed by atoms with Gasteiger partial charge in [0.2, 0.25) is 5.91 Å². The predicted octanol–water partition coefficient (Wildman–Crippen LogP) is 1.74. The highest BCUT2D eigenvalue weighted by molar-refractivity contribution is 6.30. The van der Waals surface area contributed by atoms with Gasteiger partial charge in [-0.3, -0.25) is 14.3 Å². The van der Waals surface area contributed by atoms with Gasteiger partial charge in [-0.25, -0.2) is 9.66 Å². The van der Waals surface area contributed by atoms with E-state index >= 15 is 0 Å². The lowest BCUT2D eigenvalue weighted by atomic mass is 10.1. The van der Waals surface area contributed by atoms with Crippen molar-refractivity contribution in [1.29, 1.82) is 0 Å². The van der Waals surface area contributed by atoms with Gasteiger partial charge in [-0.05, 0) is 44.0 Å². The largest absolute Gasteiger partial charge is 0.384 e. The summed E-state index contributed by atoms with van der Waals surface area (Å²) in [5, 5.41) is 7.62. The second kappa shape index (κ2) is 9.22. The minimum absolute atomic E-state index is 0.0265. The highest BCUT2D eigenvalue weighted by atomic mass is 35.5. The van der Waals surface area contributed by atoms with Crippen molar-refractivity contribution < 1.29 is 4.79 Å². The summed E-state index contributed by atoms with van der Waals surface area (Å²) in [6.45, 7) is 6.14. The van der Waals surface area contributed by atoms with Crippen LogP contribution in [0.15, 0.2) is 29.2 Å². The molecule has 0 spiro atoms. The number of halogens is 1. The first kappa shape index (κ1) is 22.4. The highest BCUT2D eigenvalue weighted by Gasteiger charge is 2.14. The van der Waals surface area contributed by atoms with Crippen LogP contribution in [0.5, 0.6) is 0 Å². The van der Waals surface area contributed by atoms with E-state index < -0.39 is 0 Å². The van der Waals surface area contributed by atoms with Crippen LogP contribution in [-0.4, -0.2) is 25.3 Å². The van der Waals surface area contributed by atoms with E-state index in [-0.39, 0.29) is 17.9 Å². The molecule has 9 nitrogen and oxygen atoms in total. The Morgan fingerprint density at radius 3 is 2.52 bits per heavy atom. The van der Waals surface area contributed by atoms with Crippen LogP contribution in [-0.2, 0) is 31.4 Å². The fourth-order valence-corrected chi connectivity index (χ4v) is 3.50. The van der Waals surface area contributed by atoms with Gasteiger partial charge in [0.05, 0.1) is 18.7 Å². The maximum atomic E-state index is 12.9. The zero-order valence-corrected chi connectivity index (χ0v) is 18.7. The fourth-order valence-electron chi connectivity index (χ4n) is 3.26. The minimum Gasteiger partial charge on any atom is -0.384 e. The monoisotopic (exact) mass is 443 g/mol. The van der Waals surface area contributed by atoms with Crippen molar-refractivity contribution in [1.82, 2.24) is 24.8 Å². The van der Waals surface area contributed by atoms with Gasteiger partial charge in [0.15, 0.2) is 0 Å². The van der Waals surface area contributed by atoms with Crippen molar-refractivity contribution >= 4 is 23.3 Å². The van der Waals surface area contributed by atoms with Gasteiger partial charge in [-0.15, -0.1) is 0 Å². The second-order valence-electron chi connectivity index (χ2n) is 7.40. The number of nitrogen functional groups attached to an aromatic ring is 1. The molecule has 0 aliphatic rings. The maximum Gasteiger partial charge on any atom is 0.272 e. The lowest BCUT2D eigenvalue weighted by Gasteiger charge is -2.13. The minimum atomic E-state index is -0.279. The maximum absolute atomic E-state index is 12.9. The summed E-state index contributed by atoms with van der Waals surface area (Å²) in [4.78, 5) is 29.6. The van der Waals surface area contributed by atoms with Crippen LogP contribution in [0.2, 0.25) is 5.15 Å². The molecule has 3 rings (SSSR count). The quantitative estimate of drug-likeness (QED) is 0.511. The molecule has 0 saturated heterocycles. The number of aryl methyl sites for hydroxylation is 4. The number of amides is 1. The summed E-state index contributed by atoms with van der Waals surface area (Å²) in [6.07, 6.45) is 1.61. The number of rotatable bonds is 7. The molecular weight excluding hydrogens is 418 g/mol. The van der Waals surface area contributed by atoms with E-state index in [9.17, 15) is 9.59 Å². The third-order valence-corrected chi connectivity index (χ3v) is 5.63. The Labute approximate surface area is 185 Å². The standard InChI is InChI=1S/C21H26ClN7O2/c1-12-7-8-29(25-11-17-14(3)27-28(4)20(17)22)21(31)16(12)9-19(30)24-10-15-5-6-18(23)26-13(15)2/h5-8,25H,9-11H2,1-4H3,(H2,23,26)(H,24,30). The molecule has 0 radical (unpaired) electrons. The van der Waals surface area contributed by atoms with Crippen LogP contribution in [0.1, 0.15) is 33.6 Å². The normalized spacial score (nSPS) is 10.9. The van der Waals surface area contributed by atoms with Gasteiger partial charge in [0.1, 0.15) is 11.0 Å². The molecule has 164 valence electrons. The molecule has 0 bridgehead atoms. The topological polar surface area (TPSA) is 120 Å². The molecule has 3 heterocycles. The van der Waals surface area contributed by atoms with Gasteiger partial charge >= 0.3 is 0 Å². The van der Waals surface area contributed by atoms with Crippen molar-refractivity contribution in [3.05, 3.63) is 73.5 Å². The van der Waals surface area contributed by atoms with Gasteiger partial charge < -0.3 is 16.5 Å². The fraction of sp³-hybridized carbons (Fsp3) is 0.333. The molecule has 0 aromatic carbocycles. The third-order valence-electron chi connectivity index (χ3n) is 5.15. The summed E-state index contributed by atoms with van der Waals surface area (Å²) < 4.78 is 2.95. The molecule has 3 aromatic heterocycles. The Balaban J connectivity index is 1.69. The first-order valence-electron chi connectivity index (χ1n) is 9.79. The third kappa shape index (κ3) is 5.05. The first-order valence-corrected chi connectivity index (χ1v) is 10.2. The molecule has 4 N–H and O–H groups in total. The zero-order chi connectivity index (χ0) is 22.7. The lowest BCUT2D eigenvalue weighted by molar-refractivity contribution is -0.120. The number of nitrogens with zero attached hydrogens (tertiary/aromatic N) is 4. The Hall–Kier alpha value is -3.33. The molecule has 0 fully saturated rings. The van der Waals surface area contributed by atoms with Crippen molar-refractivity contribution in [3.8, 4) is 0 Å². The lowest BCUT2D eigenvalue weighted by Crippen LogP contribution is -2.34. The van der Waals surface area contributed by atoms with Crippen molar-refractivity contribution in [3.63, 3.8) is 0 Å². The second-order valence-corrected chi connectivity index (χ2v) is 7.76. The molecule has 3 aromatic rings. The van der Waals surface area contributed by atoms with Crippen molar-refractivity contribution in [2.75, 3.05) is 11.2 Å². The number of carbonyl (C=O) groups excluding carboxylic acids is 1. The van der Waals surface area contributed by atoms with E-state index in [1.807, 2.05) is 26.8 Å². The molecule has 0 saturated carbocycles.